The van der Waals surface area contributed by atoms with E-state index in [0.717, 1.165) is 32.4 Å². The molecule has 1 atom stereocenters. The molecule has 0 saturated carbocycles. The Morgan fingerprint density at radius 2 is 1.96 bits per heavy atom. The van der Waals surface area contributed by atoms with Crippen molar-refractivity contribution in [3.05, 3.63) is 36.0 Å². The van der Waals surface area contributed by atoms with Gasteiger partial charge in [0, 0.05) is 36.6 Å². The van der Waals surface area contributed by atoms with Crippen LogP contribution in [0.1, 0.15) is 31.2 Å². The van der Waals surface area contributed by atoms with Crippen LogP contribution in [0.2, 0.25) is 0 Å². The highest BCUT2D eigenvalue weighted by Gasteiger charge is 2.32. The van der Waals surface area contributed by atoms with E-state index in [1.807, 2.05) is 4.90 Å². The van der Waals surface area contributed by atoms with Crippen LogP contribution < -0.4 is 5.32 Å². The number of carbonyl (C=O) groups is 2. The van der Waals surface area contributed by atoms with E-state index >= 15 is 0 Å². The minimum absolute atomic E-state index is 0.00238. The molecule has 2 N–H and O–H groups in total. The number of carbonyl (C=O) groups excluding carboxylic acids is 2. The predicted molar refractivity (Wildman–Crippen MR) is 92.5 cm³/mol. The highest BCUT2D eigenvalue weighted by molar-refractivity contribution is 5.90. The lowest BCUT2D eigenvalue weighted by molar-refractivity contribution is -0.135. The maximum absolute atomic E-state index is 12.5. The number of hydrogen-bond donors (Lipinski definition) is 2. The lowest BCUT2D eigenvalue weighted by atomic mass is 9.90. The van der Waals surface area contributed by atoms with Crippen LogP contribution in [0.4, 0.5) is 0 Å². The molecule has 0 spiro atoms. The molecule has 5 heteroatoms. The van der Waals surface area contributed by atoms with Gasteiger partial charge in [-0.05, 0) is 43.2 Å². The first-order chi connectivity index (χ1) is 11.7. The smallest absolute Gasteiger partial charge is 0.245 e. The minimum atomic E-state index is -0.289. The summed E-state index contributed by atoms with van der Waals surface area (Å²) in [5.41, 5.74) is 2.57. The van der Waals surface area contributed by atoms with E-state index in [1.54, 1.807) is 0 Å². The van der Waals surface area contributed by atoms with Crippen LogP contribution in [0.15, 0.2) is 30.5 Å². The third-order valence-electron chi connectivity index (χ3n) is 5.40. The fraction of sp³-hybridized carbons (Fsp3) is 0.474. The molecular formula is C19H23N3O2. The number of likely N-dealkylation sites (tertiary alicyclic amines) is 1. The van der Waals surface area contributed by atoms with Crippen LogP contribution in [0, 0.1) is 5.92 Å². The minimum Gasteiger partial charge on any atom is -0.361 e. The van der Waals surface area contributed by atoms with Crippen molar-refractivity contribution >= 4 is 22.7 Å². The first-order valence-electron chi connectivity index (χ1n) is 8.84. The molecule has 1 aromatic carbocycles. The summed E-state index contributed by atoms with van der Waals surface area (Å²) in [5, 5.41) is 4.09. The van der Waals surface area contributed by atoms with E-state index in [9.17, 15) is 9.59 Å². The average molecular weight is 325 g/mol. The molecule has 5 nitrogen and oxygen atoms in total. The first-order valence-corrected chi connectivity index (χ1v) is 8.84. The van der Waals surface area contributed by atoms with Crippen molar-refractivity contribution in [3.8, 4) is 0 Å². The van der Waals surface area contributed by atoms with Gasteiger partial charge in [0.2, 0.25) is 11.8 Å². The predicted octanol–water partition coefficient (Wildman–Crippen LogP) is 2.23. The number of hydrogen-bond acceptors (Lipinski definition) is 2. The molecule has 126 valence electrons. The number of benzene rings is 1. The molecule has 2 aliphatic rings. The van der Waals surface area contributed by atoms with Crippen molar-refractivity contribution < 1.29 is 9.59 Å². The van der Waals surface area contributed by atoms with Gasteiger partial charge >= 0.3 is 0 Å². The van der Waals surface area contributed by atoms with Crippen LogP contribution in [0.5, 0.6) is 0 Å². The second-order valence-corrected chi connectivity index (χ2v) is 6.99. The molecule has 0 bridgehead atoms. The molecule has 4 rings (SSSR count). The molecule has 2 aromatic rings. The van der Waals surface area contributed by atoms with Gasteiger partial charge in [0.05, 0.1) is 0 Å². The SMILES string of the molecule is O=C1CCC(C(=O)N2CCC(Cc3c[nH]c4ccccc34)CC2)N1. The van der Waals surface area contributed by atoms with Gasteiger partial charge in [-0.2, -0.15) is 0 Å². The zero-order valence-electron chi connectivity index (χ0n) is 13.8. The Bertz CT molecular complexity index is 759. The molecule has 0 aliphatic carbocycles. The summed E-state index contributed by atoms with van der Waals surface area (Å²) in [6, 6.07) is 8.12. The van der Waals surface area contributed by atoms with Gasteiger partial charge in [-0.3, -0.25) is 9.59 Å². The van der Waals surface area contributed by atoms with E-state index in [-0.39, 0.29) is 17.9 Å². The van der Waals surface area contributed by atoms with E-state index in [0.29, 0.717) is 18.8 Å². The van der Waals surface area contributed by atoms with Crippen molar-refractivity contribution in [1.82, 2.24) is 15.2 Å². The van der Waals surface area contributed by atoms with Gasteiger partial charge in [0.15, 0.2) is 0 Å². The third kappa shape index (κ3) is 2.90. The van der Waals surface area contributed by atoms with Gasteiger partial charge in [0.25, 0.3) is 0 Å². The number of amides is 2. The van der Waals surface area contributed by atoms with Crippen LogP contribution in [0.3, 0.4) is 0 Å². The standard InChI is InChI=1S/C19H23N3O2/c23-18-6-5-17(21-18)19(24)22-9-7-13(8-10-22)11-14-12-20-16-4-2-1-3-15(14)16/h1-4,12-13,17,20H,5-11H2,(H,21,23). The van der Waals surface area contributed by atoms with Crippen molar-refractivity contribution in [3.63, 3.8) is 0 Å². The third-order valence-corrected chi connectivity index (χ3v) is 5.40. The van der Waals surface area contributed by atoms with Crippen molar-refractivity contribution in [2.24, 2.45) is 5.92 Å². The van der Waals surface area contributed by atoms with Crippen molar-refractivity contribution in [2.75, 3.05) is 13.1 Å². The number of fused-ring (bicyclic) bond motifs is 1. The Labute approximate surface area is 141 Å². The summed E-state index contributed by atoms with van der Waals surface area (Å²) in [5.74, 6) is 0.723. The lowest BCUT2D eigenvalue weighted by Gasteiger charge is -2.33. The highest BCUT2D eigenvalue weighted by Crippen LogP contribution is 2.26. The highest BCUT2D eigenvalue weighted by atomic mass is 16.2. The zero-order chi connectivity index (χ0) is 16.5. The number of aromatic amines is 1. The number of nitrogens with one attached hydrogen (secondary N) is 2. The number of nitrogens with zero attached hydrogens (tertiary/aromatic N) is 1. The fourth-order valence-electron chi connectivity index (χ4n) is 3.99. The molecule has 2 saturated heterocycles. The Balaban J connectivity index is 1.34. The zero-order valence-corrected chi connectivity index (χ0v) is 13.8. The lowest BCUT2D eigenvalue weighted by Crippen LogP contribution is -2.47. The Morgan fingerprint density at radius 1 is 1.17 bits per heavy atom. The van der Waals surface area contributed by atoms with Crippen LogP contribution in [-0.4, -0.2) is 40.8 Å². The normalized spacial score (nSPS) is 22.1. The molecule has 2 amide bonds. The summed E-state index contributed by atoms with van der Waals surface area (Å²) in [7, 11) is 0. The summed E-state index contributed by atoms with van der Waals surface area (Å²) in [4.78, 5) is 29.0. The molecule has 1 aromatic heterocycles. The summed E-state index contributed by atoms with van der Waals surface area (Å²) in [6.07, 6.45) is 6.38. The second kappa shape index (κ2) is 6.30. The molecule has 3 heterocycles. The maximum atomic E-state index is 12.5. The quantitative estimate of drug-likeness (QED) is 0.909. The second-order valence-electron chi connectivity index (χ2n) is 6.99. The largest absolute Gasteiger partial charge is 0.361 e. The first kappa shape index (κ1) is 15.2. The molecule has 24 heavy (non-hydrogen) atoms. The number of piperidine rings is 1. The van der Waals surface area contributed by atoms with Crippen molar-refractivity contribution in [1.29, 1.82) is 0 Å². The van der Waals surface area contributed by atoms with Gasteiger partial charge in [-0.1, -0.05) is 18.2 Å². The maximum Gasteiger partial charge on any atom is 0.245 e. The summed E-state index contributed by atoms with van der Waals surface area (Å²) < 4.78 is 0. The molecule has 1 unspecified atom stereocenters. The number of aromatic nitrogens is 1. The number of rotatable bonds is 3. The molecule has 2 fully saturated rings. The van der Waals surface area contributed by atoms with Gasteiger partial charge in [0.1, 0.15) is 6.04 Å². The van der Waals surface area contributed by atoms with Gasteiger partial charge in [-0.15, -0.1) is 0 Å². The molecule has 2 aliphatic heterocycles. The number of para-hydroxylation sites is 1. The average Bonchev–Trinajstić information content (AvgIpc) is 3.22. The molecule has 0 radical (unpaired) electrons. The van der Waals surface area contributed by atoms with Crippen LogP contribution in [0.25, 0.3) is 10.9 Å². The van der Waals surface area contributed by atoms with E-state index in [2.05, 4.69) is 40.8 Å². The van der Waals surface area contributed by atoms with Crippen LogP contribution in [-0.2, 0) is 16.0 Å². The monoisotopic (exact) mass is 325 g/mol. The fourth-order valence-corrected chi connectivity index (χ4v) is 3.99. The Hall–Kier alpha value is -2.30. The Morgan fingerprint density at radius 3 is 2.71 bits per heavy atom. The number of H-pyrrole nitrogens is 1. The topological polar surface area (TPSA) is 65.2 Å². The van der Waals surface area contributed by atoms with Gasteiger partial charge in [-0.25, -0.2) is 0 Å². The summed E-state index contributed by atoms with van der Waals surface area (Å²) in [6.45, 7) is 1.61. The van der Waals surface area contributed by atoms with E-state index in [4.69, 9.17) is 0 Å². The van der Waals surface area contributed by atoms with E-state index < -0.39 is 0 Å². The van der Waals surface area contributed by atoms with Crippen LogP contribution >= 0.6 is 0 Å². The van der Waals surface area contributed by atoms with Crippen molar-refractivity contribution in [2.45, 2.75) is 38.1 Å². The summed E-state index contributed by atoms with van der Waals surface area (Å²) >= 11 is 0. The van der Waals surface area contributed by atoms with Gasteiger partial charge < -0.3 is 15.2 Å². The molecular weight excluding hydrogens is 302 g/mol. The Kier molecular flexibility index (Phi) is 4.00. The van der Waals surface area contributed by atoms with E-state index in [1.165, 1.54) is 16.5 Å².